The second kappa shape index (κ2) is 8.48. The molecule has 0 aromatic heterocycles. The summed E-state index contributed by atoms with van der Waals surface area (Å²) >= 11 is 0. The van der Waals surface area contributed by atoms with Crippen LogP contribution in [0, 0.1) is 35.5 Å². The topological polar surface area (TPSA) is 80.8 Å². The van der Waals surface area contributed by atoms with Gasteiger partial charge >= 0.3 is 5.97 Å². The van der Waals surface area contributed by atoms with Crippen molar-refractivity contribution in [1.29, 1.82) is 0 Å². The quantitative estimate of drug-likeness (QED) is 0.161. The Hall–Kier alpha value is -4.06. The van der Waals surface area contributed by atoms with Crippen molar-refractivity contribution >= 4 is 34.3 Å². The SMILES string of the molecule is CC(=O)c1ccc2ccccc2c1OC(=O)C(Cc1ccccc1)N1C(=O)C2C3C=CC(C4CC34)C2C1=O. The molecule has 3 aromatic rings. The van der Waals surface area contributed by atoms with Gasteiger partial charge in [0.25, 0.3) is 0 Å². The van der Waals surface area contributed by atoms with Crippen molar-refractivity contribution < 1.29 is 23.9 Å². The summed E-state index contributed by atoms with van der Waals surface area (Å²) in [7, 11) is 0. The lowest BCUT2D eigenvalue weighted by molar-refractivity contribution is -0.153. The van der Waals surface area contributed by atoms with Crippen LogP contribution in [-0.2, 0) is 20.8 Å². The van der Waals surface area contributed by atoms with Crippen molar-refractivity contribution in [2.45, 2.75) is 25.8 Å². The molecular weight excluding hydrogens is 478 g/mol. The Morgan fingerprint density at radius 2 is 1.50 bits per heavy atom. The van der Waals surface area contributed by atoms with Crippen LogP contribution in [0.3, 0.4) is 0 Å². The fourth-order valence-electron chi connectivity index (χ4n) is 7.20. The molecule has 190 valence electrons. The monoisotopic (exact) mass is 505 g/mol. The van der Waals surface area contributed by atoms with E-state index in [9.17, 15) is 19.2 Å². The molecule has 0 spiro atoms. The van der Waals surface area contributed by atoms with Gasteiger partial charge in [-0.3, -0.25) is 19.3 Å². The summed E-state index contributed by atoms with van der Waals surface area (Å²) in [6.45, 7) is 1.43. The highest BCUT2D eigenvalue weighted by atomic mass is 16.5. The average molecular weight is 506 g/mol. The molecule has 6 nitrogen and oxygen atoms in total. The summed E-state index contributed by atoms with van der Waals surface area (Å²) in [6.07, 6.45) is 5.45. The molecule has 1 saturated heterocycles. The number of imide groups is 1. The molecule has 1 heterocycles. The number of carbonyl (C=O) groups excluding carboxylic acids is 4. The molecule has 38 heavy (non-hydrogen) atoms. The minimum atomic E-state index is -1.13. The number of nitrogens with zero attached hydrogens (tertiary/aromatic N) is 1. The van der Waals surface area contributed by atoms with Crippen LogP contribution in [0.4, 0.5) is 0 Å². The predicted octanol–water partition coefficient (Wildman–Crippen LogP) is 4.61. The molecule has 3 aromatic carbocycles. The van der Waals surface area contributed by atoms with E-state index in [4.69, 9.17) is 4.74 Å². The standard InChI is InChI=1S/C32H27NO5/c1-17(34)20-12-11-19-9-5-6-10-21(19)29(20)38-32(37)26(15-18-7-3-2-4-8-18)33-30(35)27-22-13-14-23(25-16-24(22)25)28(27)31(33)36/h2-14,22-28H,15-16H2,1H3. The van der Waals surface area contributed by atoms with Gasteiger partial charge in [0.1, 0.15) is 11.8 Å². The van der Waals surface area contributed by atoms with Crippen molar-refractivity contribution in [3.8, 4) is 5.75 Å². The molecule has 2 bridgehead atoms. The molecule has 2 saturated carbocycles. The lowest BCUT2D eigenvalue weighted by Gasteiger charge is -2.37. The summed E-state index contributed by atoms with van der Waals surface area (Å²) in [5.74, 6) is -1.07. The Bertz CT molecular complexity index is 1510. The van der Waals surface area contributed by atoms with Crippen molar-refractivity contribution in [3.63, 3.8) is 0 Å². The van der Waals surface area contributed by atoms with E-state index in [2.05, 4.69) is 12.2 Å². The average Bonchev–Trinajstić information content (AvgIpc) is 3.71. The van der Waals surface area contributed by atoms with Crippen LogP contribution >= 0.6 is 0 Å². The number of likely N-dealkylation sites (tertiary alicyclic amines) is 1. The first kappa shape index (κ1) is 23.1. The maximum absolute atomic E-state index is 14.0. The molecule has 6 heteroatoms. The number of rotatable bonds is 6. The molecule has 7 unspecified atom stereocenters. The number of allylic oxidation sites excluding steroid dienone is 2. The van der Waals surface area contributed by atoms with Crippen molar-refractivity contribution in [2.24, 2.45) is 35.5 Å². The van der Waals surface area contributed by atoms with Crippen LogP contribution in [0.25, 0.3) is 10.8 Å². The summed E-state index contributed by atoms with van der Waals surface area (Å²) in [6, 6.07) is 19.1. The van der Waals surface area contributed by atoms with Gasteiger partial charge in [-0.25, -0.2) is 4.79 Å². The summed E-state index contributed by atoms with van der Waals surface area (Å²) in [4.78, 5) is 55.4. The third-order valence-electron chi connectivity index (χ3n) is 9.01. The third-order valence-corrected chi connectivity index (χ3v) is 9.01. The Kier molecular flexibility index (Phi) is 5.15. The maximum Gasteiger partial charge on any atom is 0.335 e. The van der Waals surface area contributed by atoms with Crippen LogP contribution in [0.15, 0.2) is 78.9 Å². The van der Waals surface area contributed by atoms with Gasteiger partial charge in [0, 0.05) is 11.8 Å². The molecule has 0 N–H and O–H groups in total. The first-order valence-electron chi connectivity index (χ1n) is 13.3. The fraction of sp³-hybridized carbons (Fsp3) is 0.312. The molecule has 7 atom stereocenters. The van der Waals surface area contributed by atoms with Crippen LogP contribution in [0.2, 0.25) is 0 Å². The number of Topliss-reactive ketones (excluding diaryl/α,β-unsaturated/α-hetero) is 1. The smallest absolute Gasteiger partial charge is 0.335 e. The number of hydrogen-bond acceptors (Lipinski definition) is 5. The van der Waals surface area contributed by atoms with E-state index in [0.717, 1.165) is 17.4 Å². The number of carbonyl (C=O) groups is 4. The van der Waals surface area contributed by atoms with E-state index < -0.39 is 23.8 Å². The molecule has 5 aliphatic rings. The molecule has 4 aliphatic carbocycles. The third kappa shape index (κ3) is 3.39. The van der Waals surface area contributed by atoms with Gasteiger partial charge in [-0.1, -0.05) is 72.8 Å². The Morgan fingerprint density at radius 1 is 0.868 bits per heavy atom. The van der Waals surface area contributed by atoms with Gasteiger partial charge in [0.2, 0.25) is 11.8 Å². The second-order valence-corrected chi connectivity index (χ2v) is 11.0. The molecule has 2 amide bonds. The predicted molar refractivity (Wildman–Crippen MR) is 140 cm³/mol. The van der Waals surface area contributed by atoms with E-state index in [1.807, 2.05) is 54.6 Å². The van der Waals surface area contributed by atoms with E-state index in [1.165, 1.54) is 11.8 Å². The van der Waals surface area contributed by atoms with Crippen molar-refractivity contribution in [3.05, 3.63) is 90.0 Å². The van der Waals surface area contributed by atoms with E-state index in [0.29, 0.717) is 17.2 Å². The number of esters is 1. The van der Waals surface area contributed by atoms with Crippen molar-refractivity contribution in [1.82, 2.24) is 4.90 Å². The van der Waals surface area contributed by atoms with Gasteiger partial charge in [-0.15, -0.1) is 0 Å². The van der Waals surface area contributed by atoms with Gasteiger partial charge in [-0.05, 0) is 54.0 Å². The van der Waals surface area contributed by atoms with Gasteiger partial charge < -0.3 is 4.74 Å². The van der Waals surface area contributed by atoms with Gasteiger partial charge in [0.15, 0.2) is 5.78 Å². The maximum atomic E-state index is 14.0. The van der Waals surface area contributed by atoms with Gasteiger partial charge in [-0.2, -0.15) is 0 Å². The zero-order chi connectivity index (χ0) is 26.1. The fourth-order valence-corrected chi connectivity index (χ4v) is 7.20. The molecule has 8 rings (SSSR count). The largest absolute Gasteiger partial charge is 0.424 e. The Balaban J connectivity index is 1.28. The molecule has 3 fully saturated rings. The summed E-state index contributed by atoms with van der Waals surface area (Å²) in [5, 5.41) is 1.45. The minimum Gasteiger partial charge on any atom is -0.424 e. The first-order chi connectivity index (χ1) is 18.4. The molecular formula is C32H27NO5. The van der Waals surface area contributed by atoms with Crippen LogP contribution in [-0.4, -0.2) is 34.5 Å². The van der Waals surface area contributed by atoms with E-state index in [-0.39, 0.29) is 47.2 Å². The number of ketones is 1. The zero-order valence-electron chi connectivity index (χ0n) is 20.9. The van der Waals surface area contributed by atoms with E-state index >= 15 is 0 Å². The summed E-state index contributed by atoms with van der Waals surface area (Å²) < 4.78 is 5.99. The normalized spacial score (nSPS) is 29.2. The van der Waals surface area contributed by atoms with Gasteiger partial charge in [0.05, 0.1) is 17.4 Å². The Morgan fingerprint density at radius 3 is 2.16 bits per heavy atom. The second-order valence-electron chi connectivity index (χ2n) is 11.0. The number of hydrogen-bond donors (Lipinski definition) is 0. The number of fused-ring (bicyclic) bond motifs is 1. The number of amides is 2. The first-order valence-corrected chi connectivity index (χ1v) is 13.3. The number of benzene rings is 3. The van der Waals surface area contributed by atoms with Crippen LogP contribution in [0.1, 0.15) is 29.3 Å². The molecule has 0 radical (unpaired) electrons. The van der Waals surface area contributed by atoms with Crippen LogP contribution in [0.5, 0.6) is 5.75 Å². The number of ether oxygens (including phenoxy) is 1. The summed E-state index contributed by atoms with van der Waals surface area (Å²) in [5.41, 5.74) is 1.10. The Labute approximate surface area is 220 Å². The molecule has 1 aliphatic heterocycles. The lowest BCUT2D eigenvalue weighted by Crippen LogP contribution is -2.48. The van der Waals surface area contributed by atoms with Crippen molar-refractivity contribution in [2.75, 3.05) is 0 Å². The lowest BCUT2D eigenvalue weighted by atomic mass is 9.63. The minimum absolute atomic E-state index is 0.0622. The van der Waals surface area contributed by atoms with E-state index in [1.54, 1.807) is 12.1 Å². The van der Waals surface area contributed by atoms with Crippen LogP contribution < -0.4 is 4.74 Å². The highest BCUT2D eigenvalue weighted by Gasteiger charge is 2.68. The zero-order valence-corrected chi connectivity index (χ0v) is 20.9. The highest BCUT2D eigenvalue weighted by molar-refractivity contribution is 6.10. The highest BCUT2D eigenvalue weighted by Crippen LogP contribution is 2.65.